The van der Waals surface area contributed by atoms with Gasteiger partial charge in [0.2, 0.25) is 0 Å². The summed E-state index contributed by atoms with van der Waals surface area (Å²) in [5.41, 5.74) is -0.775. The first-order chi connectivity index (χ1) is 27.3. The molecule has 0 aromatic heterocycles. The van der Waals surface area contributed by atoms with Gasteiger partial charge in [0.25, 0.3) is 0 Å². The molecule has 0 bridgehead atoms. The molecular weight excluding hydrogens is 760 g/mol. The Morgan fingerprint density at radius 3 is 1.05 bits per heavy atom. The third-order valence-corrected chi connectivity index (χ3v) is 11.7. The van der Waals surface area contributed by atoms with Gasteiger partial charge >= 0.3 is 63.3 Å². The van der Waals surface area contributed by atoms with E-state index in [1.165, 1.54) is 166 Å². The molecule has 0 N–H and O–H groups in total. The molecule has 0 fully saturated rings. The average molecular weight is 841 g/mol. The number of allylic oxidation sites excluding steroid dienone is 2. The maximum absolute atomic E-state index is 13.0. The quantitative estimate of drug-likeness (QED) is 0.0212. The summed E-state index contributed by atoms with van der Waals surface area (Å²) >= 11 is 0. The summed E-state index contributed by atoms with van der Waals surface area (Å²) in [5, 5.41) is 0. The van der Waals surface area contributed by atoms with E-state index in [0.29, 0.717) is 12.8 Å². The summed E-state index contributed by atoms with van der Waals surface area (Å²) in [5.74, 6) is -1.81. The molecule has 1 rings (SSSR count). The zero-order valence-electron chi connectivity index (χ0n) is 36.5. The SMILES string of the molecule is C=CCCCCCCCCCCCCCCCCCCOC(=O)c1cccc(S(=O)(=O)[O-])c1C(=O)OCCCCCCCCCCCCCCCCCCC=C.[K+]. The fourth-order valence-electron chi connectivity index (χ4n) is 7.33. The van der Waals surface area contributed by atoms with E-state index in [4.69, 9.17) is 9.47 Å². The van der Waals surface area contributed by atoms with E-state index in [-0.39, 0.29) is 70.2 Å². The van der Waals surface area contributed by atoms with E-state index < -0.39 is 32.5 Å². The Morgan fingerprint density at radius 2 is 0.754 bits per heavy atom. The fraction of sp³-hybridized carbons (Fsp3) is 0.750. The molecule has 0 aliphatic carbocycles. The Labute approximate surface area is 392 Å². The predicted octanol–water partition coefficient (Wildman–Crippen LogP) is 11.5. The first-order valence-corrected chi connectivity index (χ1v) is 24.4. The molecule has 1 aromatic carbocycles. The number of hydrogen-bond acceptors (Lipinski definition) is 7. The van der Waals surface area contributed by atoms with E-state index in [0.717, 1.165) is 57.4 Å². The average Bonchev–Trinajstić information content (AvgIpc) is 3.18. The zero-order valence-corrected chi connectivity index (χ0v) is 40.5. The molecule has 0 aliphatic rings. The zero-order chi connectivity index (χ0) is 40.8. The Bertz CT molecular complexity index is 1250. The number of ether oxygens (including phenoxy) is 2. The maximum atomic E-state index is 13.0. The molecule has 0 saturated carbocycles. The van der Waals surface area contributed by atoms with Crippen LogP contribution in [-0.4, -0.2) is 38.1 Å². The van der Waals surface area contributed by atoms with Gasteiger partial charge in [0.1, 0.15) is 10.1 Å². The molecule has 0 atom stereocenters. The number of carbonyl (C=O) groups excluding carboxylic acids is 2. The van der Waals surface area contributed by atoms with Gasteiger partial charge in [0.15, 0.2) is 0 Å². The van der Waals surface area contributed by atoms with Gasteiger partial charge in [0, 0.05) is 0 Å². The van der Waals surface area contributed by atoms with Crippen LogP contribution in [0.25, 0.3) is 0 Å². The molecule has 0 heterocycles. The van der Waals surface area contributed by atoms with Gasteiger partial charge in [-0.1, -0.05) is 198 Å². The van der Waals surface area contributed by atoms with Crippen LogP contribution in [0.1, 0.15) is 239 Å². The van der Waals surface area contributed by atoms with Crippen LogP contribution in [0, 0.1) is 0 Å². The van der Waals surface area contributed by atoms with Crippen molar-refractivity contribution in [1.82, 2.24) is 0 Å². The van der Waals surface area contributed by atoms with Crippen molar-refractivity contribution in [3.8, 4) is 0 Å². The molecule has 0 radical (unpaired) electrons. The Morgan fingerprint density at radius 1 is 0.474 bits per heavy atom. The van der Waals surface area contributed by atoms with E-state index in [1.807, 2.05) is 12.2 Å². The van der Waals surface area contributed by atoms with Crippen LogP contribution < -0.4 is 51.4 Å². The third-order valence-electron chi connectivity index (χ3n) is 10.8. The van der Waals surface area contributed by atoms with E-state index in [1.54, 1.807) is 0 Å². The smallest absolute Gasteiger partial charge is 0.744 e. The minimum atomic E-state index is -5.02. The summed E-state index contributed by atoms with van der Waals surface area (Å²) in [7, 11) is -5.02. The number of hydrogen-bond donors (Lipinski definition) is 0. The molecule has 9 heteroatoms. The maximum Gasteiger partial charge on any atom is 1.00 e. The van der Waals surface area contributed by atoms with E-state index in [2.05, 4.69) is 13.2 Å². The molecule has 0 saturated heterocycles. The van der Waals surface area contributed by atoms with Crippen molar-refractivity contribution in [2.24, 2.45) is 0 Å². The third kappa shape index (κ3) is 32.6. The van der Waals surface area contributed by atoms with E-state index >= 15 is 0 Å². The second-order valence-electron chi connectivity index (χ2n) is 15.9. The van der Waals surface area contributed by atoms with Crippen LogP contribution in [0.5, 0.6) is 0 Å². The Hall–Kier alpha value is -0.814. The van der Waals surface area contributed by atoms with Gasteiger partial charge in [-0.05, 0) is 50.7 Å². The number of unbranched alkanes of at least 4 members (excludes halogenated alkanes) is 32. The first kappa shape index (κ1) is 56.2. The van der Waals surface area contributed by atoms with Crippen molar-refractivity contribution in [1.29, 1.82) is 0 Å². The second-order valence-corrected chi connectivity index (χ2v) is 17.2. The molecular formula is C48H81KO7S. The molecule has 1 aromatic rings. The molecule has 0 amide bonds. The topological polar surface area (TPSA) is 110 Å². The summed E-state index contributed by atoms with van der Waals surface area (Å²) in [6.45, 7) is 7.81. The summed E-state index contributed by atoms with van der Waals surface area (Å²) in [4.78, 5) is 25.2. The summed E-state index contributed by atoms with van der Waals surface area (Å²) in [6, 6.07) is 3.63. The Kier molecular flexibility index (Phi) is 40.0. The van der Waals surface area contributed by atoms with Crippen molar-refractivity contribution < 1.29 is 83.4 Å². The van der Waals surface area contributed by atoms with Crippen LogP contribution in [0.4, 0.5) is 0 Å². The van der Waals surface area contributed by atoms with Crippen molar-refractivity contribution in [3.05, 3.63) is 54.6 Å². The summed E-state index contributed by atoms with van der Waals surface area (Å²) in [6.07, 6.45) is 45.4. The number of benzene rings is 1. The molecule has 0 aliphatic heterocycles. The number of carbonyl (C=O) groups is 2. The normalized spacial score (nSPS) is 11.2. The molecule has 0 unspecified atom stereocenters. The van der Waals surface area contributed by atoms with Crippen LogP contribution in [-0.2, 0) is 19.6 Å². The second kappa shape index (κ2) is 40.6. The van der Waals surface area contributed by atoms with Crippen molar-refractivity contribution >= 4 is 22.1 Å². The molecule has 0 spiro atoms. The van der Waals surface area contributed by atoms with Crippen LogP contribution in [0.2, 0.25) is 0 Å². The van der Waals surface area contributed by atoms with Gasteiger partial charge < -0.3 is 14.0 Å². The number of esters is 2. The van der Waals surface area contributed by atoms with Gasteiger partial charge in [0.05, 0.1) is 29.2 Å². The van der Waals surface area contributed by atoms with Gasteiger partial charge in [-0.3, -0.25) is 0 Å². The molecule has 57 heavy (non-hydrogen) atoms. The van der Waals surface area contributed by atoms with Crippen molar-refractivity contribution in [2.45, 2.75) is 223 Å². The van der Waals surface area contributed by atoms with Crippen molar-refractivity contribution in [3.63, 3.8) is 0 Å². The van der Waals surface area contributed by atoms with Crippen LogP contribution >= 0.6 is 0 Å². The predicted molar refractivity (Wildman–Crippen MR) is 232 cm³/mol. The minimum Gasteiger partial charge on any atom is -0.744 e. The van der Waals surface area contributed by atoms with Gasteiger partial charge in [-0.2, -0.15) is 0 Å². The largest absolute Gasteiger partial charge is 1.00 e. The van der Waals surface area contributed by atoms with Crippen molar-refractivity contribution in [2.75, 3.05) is 13.2 Å². The summed E-state index contributed by atoms with van der Waals surface area (Å²) < 4.78 is 46.8. The monoisotopic (exact) mass is 841 g/mol. The van der Waals surface area contributed by atoms with E-state index in [9.17, 15) is 22.6 Å². The number of rotatable bonds is 41. The first-order valence-electron chi connectivity index (χ1n) is 23.0. The van der Waals surface area contributed by atoms with Gasteiger partial charge in [-0.25, -0.2) is 18.0 Å². The molecule has 7 nitrogen and oxygen atoms in total. The minimum absolute atomic E-state index is 0. The Balaban J connectivity index is 0.0000314. The van der Waals surface area contributed by atoms with Gasteiger partial charge in [-0.15, -0.1) is 13.2 Å². The molecule has 322 valence electrons. The van der Waals surface area contributed by atoms with Crippen LogP contribution in [0.15, 0.2) is 48.4 Å². The van der Waals surface area contributed by atoms with Crippen LogP contribution in [0.3, 0.4) is 0 Å². The fourth-order valence-corrected chi connectivity index (χ4v) is 8.02. The standard InChI is InChI=1S/C48H82O7S.K/c1-3-5-7-9-11-13-15-17-19-21-23-25-27-29-31-33-35-37-42-54-47(49)44-40-39-41-45(56(51,52)53)46(44)48(50)55-43-38-36-34-32-30-28-26-24-22-20-18-16-14-12-10-8-6-4-2;/h3-4,39-41H,1-2,5-38,42-43H2,(H,51,52,53);/q;+1/p-1.